The van der Waals surface area contributed by atoms with Crippen LogP contribution in [0, 0.1) is 12.8 Å². The third-order valence-electron chi connectivity index (χ3n) is 2.05. The van der Waals surface area contributed by atoms with E-state index in [0.717, 1.165) is 17.6 Å². The van der Waals surface area contributed by atoms with Gasteiger partial charge < -0.3 is 4.74 Å². The summed E-state index contributed by atoms with van der Waals surface area (Å²) in [7, 11) is 0. The zero-order valence-electron chi connectivity index (χ0n) is 8.86. The molecular formula is C12H16O2. The van der Waals surface area contributed by atoms with Crippen molar-refractivity contribution in [3.8, 4) is 5.75 Å². The largest absolute Gasteiger partial charge is 0.483 e. The fourth-order valence-electron chi connectivity index (χ4n) is 1.17. The Morgan fingerprint density at radius 1 is 1.36 bits per heavy atom. The van der Waals surface area contributed by atoms with Crippen LogP contribution in [0.2, 0.25) is 0 Å². The van der Waals surface area contributed by atoms with E-state index in [-0.39, 0.29) is 12.0 Å². The van der Waals surface area contributed by atoms with Crippen molar-refractivity contribution >= 4 is 6.29 Å². The van der Waals surface area contributed by atoms with Gasteiger partial charge in [-0.1, -0.05) is 26.0 Å². The molecule has 0 radical (unpaired) electrons. The van der Waals surface area contributed by atoms with E-state index in [9.17, 15) is 4.79 Å². The first-order valence-electron chi connectivity index (χ1n) is 4.82. The van der Waals surface area contributed by atoms with Gasteiger partial charge in [0, 0.05) is 0 Å². The highest BCUT2D eigenvalue weighted by molar-refractivity contribution is 5.57. The molecule has 2 nitrogen and oxygen atoms in total. The van der Waals surface area contributed by atoms with E-state index < -0.39 is 0 Å². The Morgan fingerprint density at radius 2 is 2.07 bits per heavy atom. The van der Waals surface area contributed by atoms with Gasteiger partial charge in [-0.25, -0.2) is 0 Å². The van der Waals surface area contributed by atoms with Gasteiger partial charge in [-0.3, -0.25) is 4.79 Å². The lowest BCUT2D eigenvalue weighted by molar-refractivity contribution is -0.115. The molecular weight excluding hydrogens is 176 g/mol. The Balaban J connectivity index is 2.72. The number of rotatable bonds is 4. The van der Waals surface area contributed by atoms with Gasteiger partial charge in [0.1, 0.15) is 5.75 Å². The van der Waals surface area contributed by atoms with Gasteiger partial charge in [0.25, 0.3) is 0 Å². The molecule has 76 valence electrons. The summed E-state index contributed by atoms with van der Waals surface area (Å²) >= 11 is 0. The third kappa shape index (κ3) is 2.87. The average molecular weight is 192 g/mol. The van der Waals surface area contributed by atoms with Crippen LogP contribution in [0.3, 0.4) is 0 Å². The first-order chi connectivity index (χ1) is 6.63. The van der Waals surface area contributed by atoms with E-state index in [1.165, 1.54) is 0 Å². The average Bonchev–Trinajstić information content (AvgIpc) is 2.14. The Hall–Kier alpha value is -1.31. The number of hydrogen-bond acceptors (Lipinski definition) is 2. The van der Waals surface area contributed by atoms with Crippen molar-refractivity contribution in [1.82, 2.24) is 0 Å². The summed E-state index contributed by atoms with van der Waals surface area (Å²) in [6.07, 6.45) is 0.504. The summed E-state index contributed by atoms with van der Waals surface area (Å²) in [5, 5.41) is 0. The molecule has 0 fully saturated rings. The Bertz CT molecular complexity index is 305. The van der Waals surface area contributed by atoms with Crippen LogP contribution in [0.4, 0.5) is 0 Å². The van der Waals surface area contributed by atoms with Crippen molar-refractivity contribution in [3.05, 3.63) is 29.8 Å². The van der Waals surface area contributed by atoms with Crippen molar-refractivity contribution in [3.63, 3.8) is 0 Å². The summed E-state index contributed by atoms with van der Waals surface area (Å²) < 4.78 is 5.54. The van der Waals surface area contributed by atoms with E-state index in [0.29, 0.717) is 0 Å². The van der Waals surface area contributed by atoms with Crippen LogP contribution in [0.1, 0.15) is 19.4 Å². The minimum atomic E-state index is -0.350. The summed E-state index contributed by atoms with van der Waals surface area (Å²) in [6.45, 7) is 5.93. The van der Waals surface area contributed by atoms with Crippen molar-refractivity contribution in [1.29, 1.82) is 0 Å². The monoisotopic (exact) mass is 192 g/mol. The van der Waals surface area contributed by atoms with E-state index in [1.54, 1.807) is 0 Å². The van der Waals surface area contributed by atoms with Gasteiger partial charge in [0.15, 0.2) is 12.4 Å². The summed E-state index contributed by atoms with van der Waals surface area (Å²) in [4.78, 5) is 10.7. The van der Waals surface area contributed by atoms with Crippen molar-refractivity contribution in [2.75, 3.05) is 0 Å². The van der Waals surface area contributed by atoms with Gasteiger partial charge in [0.2, 0.25) is 0 Å². The SMILES string of the molecule is Cc1cccc(O[C@H](C=O)C(C)C)c1. The highest BCUT2D eigenvalue weighted by Crippen LogP contribution is 2.16. The van der Waals surface area contributed by atoms with Gasteiger partial charge in [-0.05, 0) is 30.5 Å². The zero-order valence-corrected chi connectivity index (χ0v) is 8.86. The molecule has 1 aromatic rings. The van der Waals surface area contributed by atoms with Crippen LogP contribution in [-0.2, 0) is 4.79 Å². The molecule has 0 aromatic heterocycles. The molecule has 14 heavy (non-hydrogen) atoms. The second-order valence-corrected chi connectivity index (χ2v) is 3.78. The predicted molar refractivity (Wildman–Crippen MR) is 56.5 cm³/mol. The van der Waals surface area contributed by atoms with Gasteiger partial charge in [-0.15, -0.1) is 0 Å². The van der Waals surface area contributed by atoms with Crippen LogP contribution < -0.4 is 4.74 Å². The van der Waals surface area contributed by atoms with Crippen molar-refractivity contribution in [2.45, 2.75) is 26.9 Å². The first-order valence-corrected chi connectivity index (χ1v) is 4.82. The minimum Gasteiger partial charge on any atom is -0.483 e. The van der Waals surface area contributed by atoms with E-state index in [1.807, 2.05) is 45.0 Å². The van der Waals surface area contributed by atoms with E-state index in [4.69, 9.17) is 4.74 Å². The number of ether oxygens (including phenoxy) is 1. The second-order valence-electron chi connectivity index (χ2n) is 3.78. The zero-order chi connectivity index (χ0) is 10.6. The molecule has 0 aliphatic carbocycles. The summed E-state index contributed by atoms with van der Waals surface area (Å²) in [6, 6.07) is 7.72. The van der Waals surface area contributed by atoms with E-state index in [2.05, 4.69) is 0 Å². The Morgan fingerprint density at radius 3 is 2.57 bits per heavy atom. The molecule has 1 rings (SSSR count). The summed E-state index contributed by atoms with van der Waals surface area (Å²) in [5.41, 5.74) is 1.14. The standard InChI is InChI=1S/C12H16O2/c1-9(2)12(8-13)14-11-6-4-5-10(3)7-11/h4-9,12H,1-3H3/t12-/m1/s1. The molecule has 0 aliphatic rings. The fraction of sp³-hybridized carbons (Fsp3) is 0.417. The van der Waals surface area contributed by atoms with Gasteiger partial charge in [-0.2, -0.15) is 0 Å². The Kier molecular flexibility index (Phi) is 3.69. The van der Waals surface area contributed by atoms with E-state index >= 15 is 0 Å². The highest BCUT2D eigenvalue weighted by atomic mass is 16.5. The lowest BCUT2D eigenvalue weighted by Crippen LogP contribution is -2.24. The lowest BCUT2D eigenvalue weighted by Gasteiger charge is -2.16. The van der Waals surface area contributed by atoms with Crippen LogP contribution in [0.25, 0.3) is 0 Å². The van der Waals surface area contributed by atoms with Crippen molar-refractivity contribution < 1.29 is 9.53 Å². The predicted octanol–water partition coefficient (Wildman–Crippen LogP) is 2.60. The summed E-state index contributed by atoms with van der Waals surface area (Å²) in [5.74, 6) is 0.962. The third-order valence-corrected chi connectivity index (χ3v) is 2.05. The molecule has 0 unspecified atom stereocenters. The Labute approximate surface area is 84.9 Å². The molecule has 1 aromatic carbocycles. The first kappa shape index (κ1) is 10.8. The molecule has 0 spiro atoms. The van der Waals surface area contributed by atoms with Crippen LogP contribution in [0.5, 0.6) is 5.75 Å². The number of carbonyl (C=O) groups is 1. The van der Waals surface area contributed by atoms with Crippen molar-refractivity contribution in [2.24, 2.45) is 5.92 Å². The number of aldehydes is 1. The molecule has 0 saturated heterocycles. The maximum atomic E-state index is 10.7. The molecule has 0 aliphatic heterocycles. The molecule has 0 bridgehead atoms. The maximum absolute atomic E-state index is 10.7. The molecule has 2 heteroatoms. The topological polar surface area (TPSA) is 26.3 Å². The maximum Gasteiger partial charge on any atom is 0.160 e. The normalized spacial score (nSPS) is 12.6. The van der Waals surface area contributed by atoms with Gasteiger partial charge >= 0.3 is 0 Å². The lowest BCUT2D eigenvalue weighted by atomic mass is 10.1. The van der Waals surface area contributed by atoms with Crippen LogP contribution >= 0.6 is 0 Å². The number of aryl methyl sites for hydroxylation is 1. The molecule has 0 heterocycles. The minimum absolute atomic E-state index is 0.202. The number of benzene rings is 1. The fourth-order valence-corrected chi connectivity index (χ4v) is 1.17. The highest BCUT2D eigenvalue weighted by Gasteiger charge is 2.13. The smallest absolute Gasteiger partial charge is 0.160 e. The van der Waals surface area contributed by atoms with Gasteiger partial charge in [0.05, 0.1) is 0 Å². The second kappa shape index (κ2) is 4.80. The molecule has 0 saturated carbocycles. The number of carbonyl (C=O) groups excluding carboxylic acids is 1. The quantitative estimate of drug-likeness (QED) is 0.685. The molecule has 0 N–H and O–H groups in total. The molecule has 1 atom stereocenters. The van der Waals surface area contributed by atoms with Crippen LogP contribution in [0.15, 0.2) is 24.3 Å². The van der Waals surface area contributed by atoms with Crippen LogP contribution in [-0.4, -0.2) is 12.4 Å². The number of hydrogen-bond donors (Lipinski definition) is 0. The molecule has 0 amide bonds.